The fourth-order valence-electron chi connectivity index (χ4n) is 5.64. The molecule has 0 saturated heterocycles. The van der Waals surface area contributed by atoms with Crippen LogP contribution in [0.2, 0.25) is 0 Å². The van der Waals surface area contributed by atoms with Gasteiger partial charge in [-0.1, -0.05) is 62.9 Å². The van der Waals surface area contributed by atoms with Crippen LogP contribution < -0.4 is 16.6 Å². The van der Waals surface area contributed by atoms with Gasteiger partial charge in [-0.05, 0) is 37.2 Å². The predicted molar refractivity (Wildman–Crippen MR) is 131 cm³/mol. The van der Waals surface area contributed by atoms with E-state index >= 15 is 0 Å². The van der Waals surface area contributed by atoms with Crippen molar-refractivity contribution < 1.29 is 4.79 Å². The van der Waals surface area contributed by atoms with E-state index in [1.165, 1.54) is 11.0 Å². The number of hydrogen-bond acceptors (Lipinski definition) is 4. The first-order chi connectivity index (χ1) is 16.5. The van der Waals surface area contributed by atoms with E-state index in [0.29, 0.717) is 23.6 Å². The van der Waals surface area contributed by atoms with Gasteiger partial charge in [-0.25, -0.2) is 14.3 Å². The number of fused-ring (bicyclic) bond motifs is 1. The summed E-state index contributed by atoms with van der Waals surface area (Å²) in [5.41, 5.74) is 0.821. The van der Waals surface area contributed by atoms with E-state index in [4.69, 9.17) is 0 Å². The molecule has 3 aromatic rings. The van der Waals surface area contributed by atoms with Crippen LogP contribution in [-0.4, -0.2) is 30.6 Å². The van der Waals surface area contributed by atoms with Crippen LogP contribution in [0.4, 0.5) is 0 Å². The molecule has 2 fully saturated rings. The molecular formula is C26H33N5O3. The van der Waals surface area contributed by atoms with Crippen molar-refractivity contribution in [3.8, 4) is 0 Å². The molecule has 34 heavy (non-hydrogen) atoms. The molecular weight excluding hydrogens is 430 g/mol. The van der Waals surface area contributed by atoms with Crippen LogP contribution in [0, 0.1) is 5.92 Å². The molecule has 5 rings (SSSR count). The molecule has 2 aliphatic rings. The smallest absolute Gasteiger partial charge is 0.333 e. The van der Waals surface area contributed by atoms with Gasteiger partial charge in [0.2, 0.25) is 5.91 Å². The topological polar surface area (TPSA) is 90.9 Å². The quantitative estimate of drug-likeness (QED) is 0.608. The number of hydrogen-bond donors (Lipinski definition) is 1. The molecule has 1 aromatic carbocycles. The van der Waals surface area contributed by atoms with E-state index in [1.54, 1.807) is 6.33 Å². The zero-order valence-corrected chi connectivity index (χ0v) is 19.8. The van der Waals surface area contributed by atoms with Crippen molar-refractivity contribution >= 4 is 17.1 Å². The standard InChI is InChI=1S/C26H33N5O3/c1-18-9-5-8-14-21(18)28-22(32)16-30-25(33)23-24(27-17-31(23)20-12-6-7-13-20)29(26(30)34)15-19-10-3-2-4-11-19/h2-4,10-11,17-18,20-21H,5-9,12-16H2,1H3,(H,28,32)/t18-,21-/m0/s1. The van der Waals surface area contributed by atoms with Crippen LogP contribution in [0.25, 0.3) is 11.2 Å². The van der Waals surface area contributed by atoms with Gasteiger partial charge >= 0.3 is 5.69 Å². The highest BCUT2D eigenvalue weighted by Gasteiger charge is 2.26. The van der Waals surface area contributed by atoms with Crippen molar-refractivity contribution in [1.82, 2.24) is 24.0 Å². The first-order valence-corrected chi connectivity index (χ1v) is 12.6. The van der Waals surface area contributed by atoms with Crippen LogP contribution in [0.5, 0.6) is 0 Å². The molecule has 0 unspecified atom stereocenters. The Balaban J connectivity index is 1.56. The fraction of sp³-hybridized carbons (Fsp3) is 0.538. The van der Waals surface area contributed by atoms with Gasteiger partial charge in [-0.2, -0.15) is 0 Å². The van der Waals surface area contributed by atoms with E-state index in [0.717, 1.165) is 55.1 Å². The Kier molecular flexibility index (Phi) is 6.39. The van der Waals surface area contributed by atoms with E-state index in [-0.39, 0.29) is 24.5 Å². The molecule has 8 heteroatoms. The minimum Gasteiger partial charge on any atom is -0.352 e. The third kappa shape index (κ3) is 4.33. The number of benzene rings is 1. The SMILES string of the molecule is C[C@H]1CCCC[C@@H]1NC(=O)Cn1c(=O)c2c(ncn2C2CCCC2)n(Cc2ccccc2)c1=O. The Morgan fingerprint density at radius 2 is 1.71 bits per heavy atom. The second kappa shape index (κ2) is 9.60. The highest BCUT2D eigenvalue weighted by molar-refractivity contribution is 5.77. The number of aromatic nitrogens is 4. The number of imidazole rings is 1. The van der Waals surface area contributed by atoms with Crippen LogP contribution >= 0.6 is 0 Å². The molecule has 2 aromatic heterocycles. The predicted octanol–water partition coefficient (Wildman–Crippen LogP) is 3.22. The lowest BCUT2D eigenvalue weighted by atomic mass is 9.86. The lowest BCUT2D eigenvalue weighted by molar-refractivity contribution is -0.123. The van der Waals surface area contributed by atoms with E-state index in [2.05, 4.69) is 17.2 Å². The average Bonchev–Trinajstić information content (AvgIpc) is 3.52. The first-order valence-electron chi connectivity index (χ1n) is 12.6. The lowest BCUT2D eigenvalue weighted by Crippen LogP contribution is -2.47. The molecule has 180 valence electrons. The summed E-state index contributed by atoms with van der Waals surface area (Å²) in [7, 11) is 0. The van der Waals surface area contributed by atoms with Crippen LogP contribution in [-0.2, 0) is 17.9 Å². The normalized spacial score (nSPS) is 21.2. The van der Waals surface area contributed by atoms with Crippen molar-refractivity contribution in [3.05, 3.63) is 63.1 Å². The van der Waals surface area contributed by atoms with Gasteiger partial charge < -0.3 is 9.88 Å². The summed E-state index contributed by atoms with van der Waals surface area (Å²) in [5, 5.41) is 3.08. The zero-order valence-electron chi connectivity index (χ0n) is 19.8. The number of carbonyl (C=O) groups is 1. The molecule has 0 aliphatic heterocycles. The summed E-state index contributed by atoms with van der Waals surface area (Å²) in [6.45, 7) is 2.16. The molecule has 0 spiro atoms. The van der Waals surface area contributed by atoms with Crippen molar-refractivity contribution in [2.75, 3.05) is 0 Å². The van der Waals surface area contributed by atoms with Gasteiger partial charge in [0.1, 0.15) is 6.54 Å². The Bertz CT molecular complexity index is 1280. The lowest BCUT2D eigenvalue weighted by Gasteiger charge is -2.29. The summed E-state index contributed by atoms with van der Waals surface area (Å²) in [5.74, 6) is 0.117. The molecule has 2 heterocycles. The summed E-state index contributed by atoms with van der Waals surface area (Å²) in [4.78, 5) is 44.6. The Morgan fingerprint density at radius 1 is 1.00 bits per heavy atom. The molecule has 2 aliphatic carbocycles. The summed E-state index contributed by atoms with van der Waals surface area (Å²) < 4.78 is 4.57. The van der Waals surface area contributed by atoms with E-state index in [9.17, 15) is 14.4 Å². The summed E-state index contributed by atoms with van der Waals surface area (Å²) in [6, 6.07) is 9.95. The first kappa shape index (κ1) is 22.6. The molecule has 0 bridgehead atoms. The second-order valence-corrected chi connectivity index (χ2v) is 9.94. The van der Waals surface area contributed by atoms with Crippen molar-refractivity contribution in [3.63, 3.8) is 0 Å². The van der Waals surface area contributed by atoms with Gasteiger partial charge in [0.15, 0.2) is 11.2 Å². The second-order valence-electron chi connectivity index (χ2n) is 9.94. The molecule has 1 amide bonds. The summed E-state index contributed by atoms with van der Waals surface area (Å²) >= 11 is 0. The Hall–Kier alpha value is -3.16. The van der Waals surface area contributed by atoms with Crippen molar-refractivity contribution in [2.24, 2.45) is 5.92 Å². The zero-order chi connectivity index (χ0) is 23.7. The summed E-state index contributed by atoms with van der Waals surface area (Å²) in [6.07, 6.45) is 10.2. The van der Waals surface area contributed by atoms with Crippen LogP contribution in [0.15, 0.2) is 46.2 Å². The third-order valence-electron chi connectivity index (χ3n) is 7.60. The van der Waals surface area contributed by atoms with Crippen molar-refractivity contribution in [2.45, 2.75) is 83.5 Å². The highest BCUT2D eigenvalue weighted by Crippen LogP contribution is 2.31. The van der Waals surface area contributed by atoms with Gasteiger partial charge in [-0.3, -0.25) is 14.2 Å². The number of carbonyl (C=O) groups excluding carboxylic acids is 1. The van der Waals surface area contributed by atoms with Gasteiger partial charge in [0.25, 0.3) is 5.56 Å². The number of nitrogens with zero attached hydrogens (tertiary/aromatic N) is 4. The van der Waals surface area contributed by atoms with Crippen LogP contribution in [0.1, 0.15) is 69.9 Å². The van der Waals surface area contributed by atoms with Crippen LogP contribution in [0.3, 0.4) is 0 Å². The molecule has 2 atom stereocenters. The number of nitrogens with one attached hydrogen (secondary N) is 1. The highest BCUT2D eigenvalue weighted by atomic mass is 16.2. The molecule has 0 radical (unpaired) electrons. The number of amides is 1. The van der Waals surface area contributed by atoms with Gasteiger partial charge in [0.05, 0.1) is 12.9 Å². The Morgan fingerprint density at radius 3 is 2.44 bits per heavy atom. The fourth-order valence-corrected chi connectivity index (χ4v) is 5.64. The molecule has 2 saturated carbocycles. The maximum absolute atomic E-state index is 13.6. The van der Waals surface area contributed by atoms with E-state index in [1.807, 2.05) is 34.9 Å². The maximum atomic E-state index is 13.6. The molecule has 1 N–H and O–H groups in total. The average molecular weight is 464 g/mol. The monoisotopic (exact) mass is 463 g/mol. The Labute approximate surface area is 198 Å². The van der Waals surface area contributed by atoms with Gasteiger partial charge in [-0.15, -0.1) is 0 Å². The largest absolute Gasteiger partial charge is 0.352 e. The third-order valence-corrected chi connectivity index (χ3v) is 7.60. The minimum absolute atomic E-state index is 0.0937. The van der Waals surface area contributed by atoms with Gasteiger partial charge in [0, 0.05) is 12.1 Å². The van der Waals surface area contributed by atoms with E-state index < -0.39 is 11.2 Å². The van der Waals surface area contributed by atoms with Crippen molar-refractivity contribution in [1.29, 1.82) is 0 Å². The number of rotatable bonds is 6. The maximum Gasteiger partial charge on any atom is 0.333 e. The molecule has 8 nitrogen and oxygen atoms in total. The minimum atomic E-state index is -0.495.